The van der Waals surface area contributed by atoms with Crippen LogP contribution in [0, 0.1) is 22.5 Å². The third-order valence-electron chi connectivity index (χ3n) is 2.26. The van der Waals surface area contributed by atoms with Gasteiger partial charge in [0.1, 0.15) is 5.69 Å². The Hall–Kier alpha value is -2.29. The average molecular weight is 235 g/mol. The van der Waals surface area contributed by atoms with Crippen LogP contribution in [-0.4, -0.2) is 21.4 Å². The first-order chi connectivity index (χ1) is 7.99. The summed E-state index contributed by atoms with van der Waals surface area (Å²) >= 11 is 0. The zero-order chi connectivity index (χ0) is 13.0. The zero-order valence-corrected chi connectivity index (χ0v) is 9.64. The summed E-state index contributed by atoms with van der Waals surface area (Å²) in [6, 6.07) is 0.823. The van der Waals surface area contributed by atoms with Gasteiger partial charge in [0.2, 0.25) is 0 Å². The molecule has 90 valence electrons. The van der Waals surface area contributed by atoms with E-state index in [2.05, 4.69) is 11.2 Å². The van der Waals surface area contributed by atoms with Crippen molar-refractivity contribution in [2.75, 3.05) is 0 Å². The molecule has 1 amide bonds. The number of hydrogen-bond acceptors (Lipinski definition) is 3. The zero-order valence-electron chi connectivity index (χ0n) is 9.64. The second kappa shape index (κ2) is 5.16. The van der Waals surface area contributed by atoms with Gasteiger partial charge in [-0.25, -0.2) is 0 Å². The van der Waals surface area contributed by atoms with E-state index in [0.717, 1.165) is 0 Å². The Kier molecular flexibility index (Phi) is 3.88. The molecule has 0 aliphatic rings. The van der Waals surface area contributed by atoms with Gasteiger partial charge < -0.3 is 9.88 Å². The van der Waals surface area contributed by atoms with Gasteiger partial charge in [-0.1, -0.05) is 5.92 Å². The molecule has 1 unspecified atom stereocenters. The lowest BCUT2D eigenvalue weighted by Gasteiger charge is -2.08. The van der Waals surface area contributed by atoms with Gasteiger partial charge in [-0.2, -0.15) is 0 Å². The third kappa shape index (κ3) is 2.84. The molecule has 1 rings (SSSR count). The number of hydrogen-bond donors (Lipinski definition) is 1. The van der Waals surface area contributed by atoms with E-state index >= 15 is 0 Å². The largest absolute Gasteiger partial charge is 0.337 e. The Labute approximate surface area is 98.8 Å². The summed E-state index contributed by atoms with van der Waals surface area (Å²) in [4.78, 5) is 21.9. The van der Waals surface area contributed by atoms with Crippen LogP contribution in [-0.2, 0) is 6.54 Å². The van der Waals surface area contributed by atoms with Gasteiger partial charge in [0, 0.05) is 12.6 Å². The predicted octanol–water partition coefficient (Wildman–Crippen LogP) is 1.17. The molecule has 0 spiro atoms. The minimum absolute atomic E-state index is 0.106. The number of amides is 1. The Bertz CT molecular complexity index is 485. The molecule has 0 fully saturated rings. The highest BCUT2D eigenvalue weighted by molar-refractivity contribution is 5.93. The molecular formula is C11H13N3O3. The van der Waals surface area contributed by atoms with Crippen LogP contribution in [0.2, 0.25) is 0 Å². The molecule has 1 aromatic rings. The number of nitrogens with one attached hydrogen (secondary N) is 1. The van der Waals surface area contributed by atoms with Gasteiger partial charge >= 0.3 is 0 Å². The first kappa shape index (κ1) is 12.8. The van der Waals surface area contributed by atoms with E-state index in [0.29, 0.717) is 6.54 Å². The molecule has 1 atom stereocenters. The third-order valence-corrected chi connectivity index (χ3v) is 2.26. The van der Waals surface area contributed by atoms with Crippen molar-refractivity contribution >= 4 is 11.6 Å². The molecule has 0 aliphatic carbocycles. The van der Waals surface area contributed by atoms with E-state index in [1.165, 1.54) is 16.8 Å². The second-order valence-electron chi connectivity index (χ2n) is 3.49. The predicted molar refractivity (Wildman–Crippen MR) is 62.5 cm³/mol. The maximum atomic E-state index is 11.8. The lowest BCUT2D eigenvalue weighted by Crippen LogP contribution is -2.32. The van der Waals surface area contributed by atoms with E-state index in [9.17, 15) is 14.9 Å². The first-order valence-electron chi connectivity index (χ1n) is 5.11. The second-order valence-corrected chi connectivity index (χ2v) is 3.49. The summed E-state index contributed by atoms with van der Waals surface area (Å²) in [6.07, 6.45) is 6.47. The summed E-state index contributed by atoms with van der Waals surface area (Å²) in [7, 11) is 0. The van der Waals surface area contributed by atoms with Crippen molar-refractivity contribution in [2.24, 2.45) is 0 Å². The van der Waals surface area contributed by atoms with Crippen molar-refractivity contribution in [1.29, 1.82) is 0 Å². The number of nitrogens with zero attached hydrogens (tertiary/aromatic N) is 2. The fourth-order valence-corrected chi connectivity index (χ4v) is 1.36. The molecule has 6 nitrogen and oxygen atoms in total. The number of nitro groups is 1. The Balaban J connectivity index is 3.00. The van der Waals surface area contributed by atoms with E-state index in [-0.39, 0.29) is 11.4 Å². The molecule has 17 heavy (non-hydrogen) atoms. The average Bonchev–Trinajstić information content (AvgIpc) is 2.72. The normalized spacial score (nSPS) is 11.6. The number of carbonyl (C=O) groups is 1. The molecule has 0 bridgehead atoms. The fraction of sp³-hybridized carbons (Fsp3) is 0.364. The van der Waals surface area contributed by atoms with E-state index in [1.807, 2.05) is 0 Å². The maximum Gasteiger partial charge on any atom is 0.287 e. The summed E-state index contributed by atoms with van der Waals surface area (Å²) < 4.78 is 1.51. The molecule has 1 aromatic heterocycles. The molecule has 0 radical (unpaired) electrons. The molecule has 0 saturated carbocycles. The molecule has 0 aliphatic heterocycles. The van der Waals surface area contributed by atoms with Crippen molar-refractivity contribution in [3.05, 3.63) is 28.1 Å². The van der Waals surface area contributed by atoms with Gasteiger partial charge in [-0.3, -0.25) is 14.9 Å². The van der Waals surface area contributed by atoms with Crippen LogP contribution in [0.25, 0.3) is 0 Å². The lowest BCUT2D eigenvalue weighted by atomic mass is 10.3. The van der Waals surface area contributed by atoms with Gasteiger partial charge in [0.05, 0.1) is 17.2 Å². The van der Waals surface area contributed by atoms with Crippen LogP contribution in [0.5, 0.6) is 0 Å². The number of aromatic nitrogens is 1. The van der Waals surface area contributed by atoms with Crippen LogP contribution < -0.4 is 5.32 Å². The summed E-state index contributed by atoms with van der Waals surface area (Å²) in [5.74, 6) is 1.95. The van der Waals surface area contributed by atoms with Gasteiger partial charge in [-0.15, -0.1) is 6.42 Å². The number of carbonyl (C=O) groups excluding carboxylic acids is 1. The molecule has 1 N–H and O–H groups in total. The van der Waals surface area contributed by atoms with Crippen molar-refractivity contribution in [3.8, 4) is 12.3 Å². The van der Waals surface area contributed by atoms with Crippen molar-refractivity contribution in [3.63, 3.8) is 0 Å². The first-order valence-corrected chi connectivity index (χ1v) is 5.11. The minimum atomic E-state index is -0.534. The summed E-state index contributed by atoms with van der Waals surface area (Å²) in [5.41, 5.74) is 0.131. The van der Waals surface area contributed by atoms with Gasteiger partial charge in [0.15, 0.2) is 0 Å². The minimum Gasteiger partial charge on any atom is -0.337 e. The lowest BCUT2D eigenvalue weighted by molar-refractivity contribution is -0.384. The standard InChI is InChI=1S/C11H13N3O3/c1-4-8(3)12-11(15)10-6-9(14(16)17)7-13(10)5-2/h1,6-8H,5H2,2-3H3,(H,12,15). The Morgan fingerprint density at radius 1 is 1.76 bits per heavy atom. The topological polar surface area (TPSA) is 77.2 Å². The molecule has 6 heteroatoms. The van der Waals surface area contributed by atoms with E-state index < -0.39 is 16.9 Å². The Morgan fingerprint density at radius 3 is 2.88 bits per heavy atom. The van der Waals surface area contributed by atoms with Crippen LogP contribution in [0.1, 0.15) is 24.3 Å². The highest BCUT2D eigenvalue weighted by Crippen LogP contribution is 2.16. The van der Waals surface area contributed by atoms with Crippen LogP contribution in [0.15, 0.2) is 12.3 Å². The maximum absolute atomic E-state index is 11.8. The van der Waals surface area contributed by atoms with Crippen LogP contribution in [0.3, 0.4) is 0 Å². The van der Waals surface area contributed by atoms with E-state index in [4.69, 9.17) is 6.42 Å². The molecule has 1 heterocycles. The van der Waals surface area contributed by atoms with Crippen molar-refractivity contribution in [2.45, 2.75) is 26.4 Å². The summed E-state index contributed by atoms with van der Waals surface area (Å²) in [6.45, 7) is 3.93. The van der Waals surface area contributed by atoms with Crippen molar-refractivity contribution < 1.29 is 9.72 Å². The van der Waals surface area contributed by atoms with Gasteiger partial charge in [0.25, 0.3) is 11.6 Å². The number of terminal acetylenes is 1. The molecular weight excluding hydrogens is 222 g/mol. The van der Waals surface area contributed by atoms with Gasteiger partial charge in [-0.05, 0) is 13.8 Å². The van der Waals surface area contributed by atoms with Crippen molar-refractivity contribution in [1.82, 2.24) is 9.88 Å². The quantitative estimate of drug-likeness (QED) is 0.483. The molecule has 0 saturated heterocycles. The van der Waals surface area contributed by atoms with E-state index in [1.54, 1.807) is 13.8 Å². The Morgan fingerprint density at radius 2 is 2.41 bits per heavy atom. The highest BCUT2D eigenvalue weighted by Gasteiger charge is 2.19. The van der Waals surface area contributed by atoms with Crippen LogP contribution in [0.4, 0.5) is 5.69 Å². The molecule has 0 aromatic carbocycles. The summed E-state index contributed by atoms with van der Waals surface area (Å²) in [5, 5.41) is 13.2. The smallest absolute Gasteiger partial charge is 0.287 e. The fourth-order valence-electron chi connectivity index (χ4n) is 1.36. The van der Waals surface area contributed by atoms with Crippen LogP contribution >= 0.6 is 0 Å². The number of rotatable bonds is 4. The highest BCUT2D eigenvalue weighted by atomic mass is 16.6. The number of aryl methyl sites for hydroxylation is 1. The SMILES string of the molecule is C#CC(C)NC(=O)c1cc([N+](=O)[O-])cn1CC. The monoisotopic (exact) mass is 235 g/mol.